The summed E-state index contributed by atoms with van der Waals surface area (Å²) in [5.74, 6) is -1.12. The lowest BCUT2D eigenvalue weighted by Gasteiger charge is -2.28. The third-order valence-corrected chi connectivity index (χ3v) is 3.86. The van der Waals surface area contributed by atoms with Gasteiger partial charge in [-0.1, -0.05) is 0 Å². The molecular formula is C12H18O5. The summed E-state index contributed by atoms with van der Waals surface area (Å²) in [7, 11) is 0. The molecule has 0 spiro atoms. The maximum absolute atomic E-state index is 5.95. The molecule has 5 nitrogen and oxygen atoms in total. The summed E-state index contributed by atoms with van der Waals surface area (Å²) in [5, 5.41) is 0. The molecule has 0 aromatic carbocycles. The summed E-state index contributed by atoms with van der Waals surface area (Å²) in [4.78, 5) is 0. The zero-order chi connectivity index (χ0) is 12.0. The quantitative estimate of drug-likeness (QED) is 0.588. The minimum atomic E-state index is -0.559. The highest BCUT2D eigenvalue weighted by Crippen LogP contribution is 2.51. The summed E-state index contributed by atoms with van der Waals surface area (Å²) in [5.41, 5.74) is 0. The van der Waals surface area contributed by atoms with E-state index in [9.17, 15) is 0 Å². The lowest BCUT2D eigenvalue weighted by molar-refractivity contribution is -0.175. The zero-order valence-corrected chi connectivity index (χ0v) is 10.5. The minimum Gasteiger partial charge on any atom is -0.364 e. The second kappa shape index (κ2) is 2.86. The van der Waals surface area contributed by atoms with Gasteiger partial charge in [0.05, 0.1) is 0 Å². The average Bonchev–Trinajstić information content (AvgIpc) is 2.81. The van der Waals surface area contributed by atoms with Crippen molar-refractivity contribution in [3.63, 3.8) is 0 Å². The van der Waals surface area contributed by atoms with E-state index < -0.39 is 11.6 Å². The van der Waals surface area contributed by atoms with Crippen LogP contribution in [0.25, 0.3) is 0 Å². The van der Waals surface area contributed by atoms with Crippen molar-refractivity contribution in [2.24, 2.45) is 0 Å². The van der Waals surface area contributed by atoms with Crippen LogP contribution < -0.4 is 0 Å². The fraction of sp³-hybridized carbons (Fsp3) is 1.00. The molecule has 1 saturated carbocycles. The van der Waals surface area contributed by atoms with Crippen LogP contribution in [0.15, 0.2) is 0 Å². The van der Waals surface area contributed by atoms with Crippen LogP contribution in [0.1, 0.15) is 27.7 Å². The van der Waals surface area contributed by atoms with Gasteiger partial charge >= 0.3 is 0 Å². The van der Waals surface area contributed by atoms with Crippen molar-refractivity contribution in [2.75, 3.05) is 0 Å². The molecule has 4 aliphatic rings. The maximum Gasteiger partial charge on any atom is 0.164 e. The van der Waals surface area contributed by atoms with Crippen LogP contribution in [0.3, 0.4) is 0 Å². The third-order valence-electron chi connectivity index (χ3n) is 3.86. The predicted molar refractivity (Wildman–Crippen MR) is 56.3 cm³/mol. The van der Waals surface area contributed by atoms with Crippen molar-refractivity contribution in [3.05, 3.63) is 0 Å². The van der Waals surface area contributed by atoms with Crippen LogP contribution in [-0.2, 0) is 23.7 Å². The molecule has 0 aromatic rings. The summed E-state index contributed by atoms with van der Waals surface area (Å²) in [6.07, 6.45) is 0.0181. The van der Waals surface area contributed by atoms with Gasteiger partial charge in [0.1, 0.15) is 36.6 Å². The monoisotopic (exact) mass is 242 g/mol. The van der Waals surface area contributed by atoms with Crippen LogP contribution in [0.4, 0.5) is 0 Å². The maximum atomic E-state index is 5.95. The Morgan fingerprint density at radius 3 is 1.18 bits per heavy atom. The van der Waals surface area contributed by atoms with Crippen molar-refractivity contribution < 1.29 is 23.7 Å². The molecule has 4 fully saturated rings. The predicted octanol–water partition coefficient (Wildman–Crippen LogP) is 0.808. The molecule has 6 atom stereocenters. The molecule has 3 saturated heterocycles. The van der Waals surface area contributed by atoms with E-state index in [-0.39, 0.29) is 36.6 Å². The Hall–Kier alpha value is -0.200. The molecule has 0 bridgehead atoms. The molecule has 4 rings (SSSR count). The second-order valence-corrected chi connectivity index (χ2v) is 6.19. The lowest BCUT2D eigenvalue weighted by Crippen LogP contribution is -2.51. The van der Waals surface area contributed by atoms with E-state index >= 15 is 0 Å². The number of fused-ring (bicyclic) bond motifs is 6. The van der Waals surface area contributed by atoms with Crippen LogP contribution >= 0.6 is 0 Å². The lowest BCUT2D eigenvalue weighted by atomic mass is 9.90. The number of hydrogen-bond acceptors (Lipinski definition) is 5. The van der Waals surface area contributed by atoms with Gasteiger partial charge in [0, 0.05) is 0 Å². The number of rotatable bonds is 0. The fourth-order valence-corrected chi connectivity index (χ4v) is 3.32. The normalized spacial score (nSPS) is 57.2. The van der Waals surface area contributed by atoms with Crippen LogP contribution in [0.2, 0.25) is 0 Å². The van der Waals surface area contributed by atoms with Crippen LogP contribution in [0, 0.1) is 0 Å². The van der Waals surface area contributed by atoms with Gasteiger partial charge in [-0.3, -0.25) is 0 Å². The molecular weight excluding hydrogens is 224 g/mol. The summed E-state index contributed by atoms with van der Waals surface area (Å²) in [6.45, 7) is 7.72. The van der Waals surface area contributed by atoms with Gasteiger partial charge in [-0.2, -0.15) is 0 Å². The Kier molecular flexibility index (Phi) is 1.80. The molecule has 3 aliphatic heterocycles. The minimum absolute atomic E-state index is 0.0197. The molecule has 5 heteroatoms. The molecule has 3 heterocycles. The number of hydrogen-bond donors (Lipinski definition) is 0. The Balaban J connectivity index is 1.67. The largest absolute Gasteiger partial charge is 0.364 e. The molecule has 17 heavy (non-hydrogen) atoms. The average molecular weight is 242 g/mol. The topological polar surface area (TPSA) is 49.5 Å². The smallest absolute Gasteiger partial charge is 0.164 e. The number of epoxide rings is 1. The highest BCUT2D eigenvalue weighted by atomic mass is 16.8. The summed E-state index contributed by atoms with van der Waals surface area (Å²) in [6, 6.07) is 0. The van der Waals surface area contributed by atoms with Crippen molar-refractivity contribution in [1.82, 2.24) is 0 Å². The van der Waals surface area contributed by atoms with Gasteiger partial charge in [-0.05, 0) is 27.7 Å². The Labute approximate surface area is 100 Å². The van der Waals surface area contributed by atoms with E-state index in [4.69, 9.17) is 23.7 Å². The van der Waals surface area contributed by atoms with E-state index in [0.29, 0.717) is 0 Å². The first-order valence-corrected chi connectivity index (χ1v) is 6.23. The van der Waals surface area contributed by atoms with E-state index in [1.807, 2.05) is 27.7 Å². The Morgan fingerprint density at radius 1 is 0.529 bits per heavy atom. The van der Waals surface area contributed by atoms with Crippen molar-refractivity contribution in [3.8, 4) is 0 Å². The standard InChI is InChI=1S/C12H18O5/c1-11(2)14-7-5-6(13-5)8-10(9(7)16-11)17-12(3,4)15-8/h5-10H,1-4H3/t5-,6+,7-,8-,9-,10-/m0/s1. The second-order valence-electron chi connectivity index (χ2n) is 6.19. The molecule has 0 radical (unpaired) electrons. The molecule has 0 unspecified atom stereocenters. The third kappa shape index (κ3) is 1.43. The van der Waals surface area contributed by atoms with E-state index in [1.165, 1.54) is 0 Å². The first-order valence-electron chi connectivity index (χ1n) is 6.23. The van der Waals surface area contributed by atoms with Gasteiger partial charge in [-0.15, -0.1) is 0 Å². The summed E-state index contributed by atoms with van der Waals surface area (Å²) >= 11 is 0. The molecule has 96 valence electrons. The van der Waals surface area contributed by atoms with Gasteiger partial charge in [0.25, 0.3) is 0 Å². The van der Waals surface area contributed by atoms with Crippen molar-refractivity contribution in [1.29, 1.82) is 0 Å². The SMILES string of the molecule is CC1(C)O[C@@H]2[C@H]3OC(C)(C)O[C@H]3[C@H]3O[C@H]3[C@@H]2O1. The highest BCUT2D eigenvalue weighted by molar-refractivity contribution is 5.14. The molecule has 0 N–H and O–H groups in total. The first kappa shape index (κ1) is 10.7. The van der Waals surface area contributed by atoms with E-state index in [2.05, 4.69) is 0 Å². The molecule has 1 aliphatic carbocycles. The van der Waals surface area contributed by atoms with E-state index in [1.54, 1.807) is 0 Å². The number of ether oxygens (including phenoxy) is 5. The van der Waals surface area contributed by atoms with Gasteiger partial charge in [-0.25, -0.2) is 0 Å². The Bertz CT molecular complexity index is 332. The van der Waals surface area contributed by atoms with Crippen molar-refractivity contribution in [2.45, 2.75) is 75.9 Å². The fourth-order valence-electron chi connectivity index (χ4n) is 3.32. The highest BCUT2D eigenvalue weighted by Gasteiger charge is 2.70. The van der Waals surface area contributed by atoms with E-state index in [0.717, 1.165) is 0 Å². The first-order chi connectivity index (χ1) is 7.86. The van der Waals surface area contributed by atoms with Gasteiger partial charge < -0.3 is 23.7 Å². The van der Waals surface area contributed by atoms with Crippen molar-refractivity contribution >= 4 is 0 Å². The Morgan fingerprint density at radius 2 is 0.824 bits per heavy atom. The van der Waals surface area contributed by atoms with Gasteiger partial charge in [0.15, 0.2) is 11.6 Å². The molecule has 0 aromatic heterocycles. The zero-order valence-electron chi connectivity index (χ0n) is 10.5. The van der Waals surface area contributed by atoms with Crippen LogP contribution in [0.5, 0.6) is 0 Å². The van der Waals surface area contributed by atoms with Gasteiger partial charge in [0.2, 0.25) is 0 Å². The van der Waals surface area contributed by atoms with Crippen LogP contribution in [-0.4, -0.2) is 48.2 Å². The summed E-state index contributed by atoms with van der Waals surface area (Å²) < 4.78 is 29.4. The molecule has 0 amide bonds.